The smallest absolute Gasteiger partial charge is 0.326 e. The minimum absolute atomic E-state index is 0. The summed E-state index contributed by atoms with van der Waals surface area (Å²) >= 11 is 0. The van der Waals surface area contributed by atoms with Gasteiger partial charge in [0, 0.05) is 6.42 Å². The maximum atomic E-state index is 11.1. The molecule has 0 aromatic carbocycles. The molecule has 0 aliphatic heterocycles. The average molecular weight is 307 g/mol. The molecule has 0 aliphatic carbocycles. The number of carbonyl (C=O) groups is 3. The van der Waals surface area contributed by atoms with Gasteiger partial charge in [-0.3, -0.25) is 9.59 Å². The molecule has 0 radical (unpaired) electrons. The molecule has 0 bridgehead atoms. The highest BCUT2D eigenvalue weighted by Crippen LogP contribution is 1.97. The number of carbonyl (C=O) groups excluding carboxylic acids is 2. The van der Waals surface area contributed by atoms with E-state index in [0.717, 1.165) is 0 Å². The van der Waals surface area contributed by atoms with Gasteiger partial charge in [-0.15, -0.1) is 0 Å². The van der Waals surface area contributed by atoms with Gasteiger partial charge in [0.1, 0.15) is 6.04 Å². The summed E-state index contributed by atoms with van der Waals surface area (Å²) < 4.78 is 0. The van der Waals surface area contributed by atoms with Crippen LogP contribution < -0.4 is 16.8 Å². The van der Waals surface area contributed by atoms with Crippen molar-refractivity contribution in [2.75, 3.05) is 0 Å². The third kappa shape index (κ3) is 16.2. The zero-order valence-electron chi connectivity index (χ0n) is 10.9. The summed E-state index contributed by atoms with van der Waals surface area (Å²) in [6.45, 7) is 1.43. The van der Waals surface area contributed by atoms with Crippen LogP contribution in [0.15, 0.2) is 0 Å². The van der Waals surface area contributed by atoms with Crippen molar-refractivity contribution in [1.29, 1.82) is 0 Å². The zero-order chi connectivity index (χ0) is 12.0. The van der Waals surface area contributed by atoms with Crippen LogP contribution in [0.3, 0.4) is 0 Å². The van der Waals surface area contributed by atoms with Crippen LogP contribution in [-0.2, 0) is 14.4 Å². The maximum absolute atomic E-state index is 11.1. The van der Waals surface area contributed by atoms with E-state index in [2.05, 4.69) is 5.32 Å². The molecule has 2 amide bonds. The fourth-order valence-electron chi connectivity index (χ4n) is 0.847. The van der Waals surface area contributed by atoms with E-state index >= 15 is 0 Å². The number of carboxylic acids is 1. The average Bonchev–Trinajstić information content (AvgIpc) is 2.10. The molecule has 0 aromatic heterocycles. The highest BCUT2D eigenvalue weighted by Gasteiger charge is 2.21. The second-order valence-electron chi connectivity index (χ2n) is 3.19. The lowest BCUT2D eigenvalue weighted by atomic mass is 10.1. The molecule has 0 heterocycles. The van der Waals surface area contributed by atoms with Crippen molar-refractivity contribution in [3.63, 3.8) is 0 Å². The largest absolute Gasteiger partial charge is 0.480 e. The Balaban J connectivity index is -0.0000000980. The first kappa shape index (κ1) is 36.2. The number of nitrogens with two attached hydrogens (primary N) is 2. The Morgan fingerprint density at radius 1 is 1.10 bits per heavy atom. The molecule has 16 N–H and O–H groups in total. The van der Waals surface area contributed by atoms with Gasteiger partial charge < -0.3 is 49.3 Å². The second-order valence-corrected chi connectivity index (χ2v) is 3.19. The van der Waals surface area contributed by atoms with Crippen LogP contribution >= 0.6 is 0 Å². The lowest BCUT2D eigenvalue weighted by Gasteiger charge is -2.14. The van der Waals surface area contributed by atoms with Crippen LogP contribution in [-0.4, -0.2) is 62.4 Å². The molecule has 20 heavy (non-hydrogen) atoms. The van der Waals surface area contributed by atoms with Crippen molar-refractivity contribution in [2.24, 2.45) is 11.5 Å². The molecule has 0 aliphatic rings. The van der Waals surface area contributed by atoms with E-state index in [4.69, 9.17) is 16.6 Å². The first-order chi connectivity index (χ1) is 6.84. The monoisotopic (exact) mass is 307 g/mol. The van der Waals surface area contributed by atoms with Crippen LogP contribution in [0.25, 0.3) is 0 Å². The Kier molecular flexibility index (Phi) is 31.0. The Bertz CT molecular complexity index is 272. The minimum Gasteiger partial charge on any atom is -0.480 e. The topological polar surface area (TPSA) is 293 Å². The third-order valence-electron chi connectivity index (χ3n) is 1.71. The molecule has 0 spiro atoms. The molecular formula is C8H25N3O9. The van der Waals surface area contributed by atoms with E-state index < -0.39 is 29.9 Å². The molecule has 0 aromatic rings. The SMILES string of the molecule is C[C@H](N)C(=O)N[C@@H](CCC(N)=O)C(=O)O.O.O.O.O.O. The molecule has 12 nitrogen and oxygen atoms in total. The summed E-state index contributed by atoms with van der Waals surface area (Å²) in [5.74, 6) is -2.41. The van der Waals surface area contributed by atoms with Gasteiger partial charge >= 0.3 is 5.97 Å². The van der Waals surface area contributed by atoms with E-state index in [1.807, 2.05) is 0 Å². The van der Waals surface area contributed by atoms with Crippen molar-refractivity contribution in [3.8, 4) is 0 Å². The summed E-state index contributed by atoms with van der Waals surface area (Å²) in [4.78, 5) is 32.2. The highest BCUT2D eigenvalue weighted by molar-refractivity contribution is 5.86. The standard InChI is InChI=1S/C8H15N3O4.5H2O/c1-4(9)7(13)11-5(8(14)15)2-3-6(10)12;;;;;/h4-5H,2-3,9H2,1H3,(H2,10,12)(H,11,13)(H,14,15);5*1H2/t4-,5-;;;;;/m0...../s1. The Hall–Kier alpha value is -1.83. The summed E-state index contributed by atoms with van der Waals surface area (Å²) in [6.07, 6.45) is -0.140. The number of carboxylic acid groups (broad SMARTS) is 1. The van der Waals surface area contributed by atoms with Crippen LogP contribution in [0.2, 0.25) is 0 Å². The molecule has 2 atom stereocenters. The maximum Gasteiger partial charge on any atom is 0.326 e. The molecule has 0 saturated carbocycles. The summed E-state index contributed by atoms with van der Waals surface area (Å²) in [7, 11) is 0. The van der Waals surface area contributed by atoms with Crippen LogP contribution in [0.4, 0.5) is 0 Å². The minimum atomic E-state index is -1.22. The van der Waals surface area contributed by atoms with Crippen LogP contribution in [0, 0.1) is 0 Å². The van der Waals surface area contributed by atoms with E-state index in [0.29, 0.717) is 0 Å². The third-order valence-corrected chi connectivity index (χ3v) is 1.71. The van der Waals surface area contributed by atoms with Crippen molar-refractivity contribution in [1.82, 2.24) is 5.32 Å². The van der Waals surface area contributed by atoms with Gasteiger partial charge in [0.2, 0.25) is 11.8 Å². The van der Waals surface area contributed by atoms with Gasteiger partial charge in [0.05, 0.1) is 6.04 Å². The number of hydrogen-bond acceptors (Lipinski definition) is 4. The number of primary amides is 1. The number of amides is 2. The van der Waals surface area contributed by atoms with E-state index in [9.17, 15) is 14.4 Å². The molecular weight excluding hydrogens is 282 g/mol. The lowest BCUT2D eigenvalue weighted by Crippen LogP contribution is -2.47. The predicted molar refractivity (Wildman–Crippen MR) is 69.7 cm³/mol. The van der Waals surface area contributed by atoms with Gasteiger partial charge in [-0.1, -0.05) is 0 Å². The zero-order valence-corrected chi connectivity index (χ0v) is 10.9. The Morgan fingerprint density at radius 2 is 1.50 bits per heavy atom. The van der Waals surface area contributed by atoms with E-state index in [-0.39, 0.29) is 40.2 Å². The van der Waals surface area contributed by atoms with Crippen molar-refractivity contribution >= 4 is 17.8 Å². The summed E-state index contributed by atoms with van der Waals surface area (Å²) in [5, 5.41) is 10.9. The lowest BCUT2D eigenvalue weighted by molar-refractivity contribution is -0.142. The first-order valence-corrected chi connectivity index (χ1v) is 4.41. The molecule has 0 saturated heterocycles. The second kappa shape index (κ2) is 17.2. The van der Waals surface area contributed by atoms with E-state index in [1.165, 1.54) is 6.92 Å². The molecule has 0 fully saturated rings. The molecule has 0 rings (SSSR count). The quantitative estimate of drug-likeness (QED) is 0.371. The molecule has 12 heteroatoms. The van der Waals surface area contributed by atoms with Crippen LogP contribution in [0.5, 0.6) is 0 Å². The molecule has 0 unspecified atom stereocenters. The van der Waals surface area contributed by atoms with Gasteiger partial charge in [0.25, 0.3) is 0 Å². The van der Waals surface area contributed by atoms with Crippen molar-refractivity contribution in [3.05, 3.63) is 0 Å². The fraction of sp³-hybridized carbons (Fsp3) is 0.625. The Labute approximate surface area is 114 Å². The number of aliphatic carboxylic acids is 1. The number of hydrogen-bond donors (Lipinski definition) is 4. The number of rotatable bonds is 6. The van der Waals surface area contributed by atoms with Gasteiger partial charge in [-0.2, -0.15) is 0 Å². The predicted octanol–water partition coefficient (Wildman–Crippen LogP) is -5.95. The van der Waals surface area contributed by atoms with Gasteiger partial charge in [-0.25, -0.2) is 4.79 Å². The molecule has 126 valence electrons. The van der Waals surface area contributed by atoms with Gasteiger partial charge in [0.15, 0.2) is 0 Å². The Morgan fingerprint density at radius 3 is 1.75 bits per heavy atom. The first-order valence-electron chi connectivity index (χ1n) is 4.41. The van der Waals surface area contributed by atoms with Crippen molar-refractivity contribution in [2.45, 2.75) is 31.8 Å². The summed E-state index contributed by atoms with van der Waals surface area (Å²) in [5.41, 5.74) is 10.1. The van der Waals surface area contributed by atoms with Gasteiger partial charge in [-0.05, 0) is 13.3 Å². The normalized spacial score (nSPS) is 10.5. The van der Waals surface area contributed by atoms with E-state index in [1.54, 1.807) is 0 Å². The van der Waals surface area contributed by atoms with Crippen molar-refractivity contribution < 1.29 is 46.9 Å². The highest BCUT2D eigenvalue weighted by atomic mass is 16.4. The number of nitrogens with one attached hydrogen (secondary N) is 1. The fourth-order valence-corrected chi connectivity index (χ4v) is 0.847. The summed E-state index contributed by atoms with van der Waals surface area (Å²) in [6, 6.07) is -1.92. The van der Waals surface area contributed by atoms with Crippen LogP contribution in [0.1, 0.15) is 19.8 Å².